The zero-order valence-corrected chi connectivity index (χ0v) is 8.18. The topological polar surface area (TPSA) is 73.7 Å². The van der Waals surface area contributed by atoms with Crippen LogP contribution in [0.3, 0.4) is 0 Å². The first kappa shape index (κ1) is 9.68. The second kappa shape index (κ2) is 3.07. The summed E-state index contributed by atoms with van der Waals surface area (Å²) in [5.41, 5.74) is 0.551. The molecular weight excluding hydrogens is 219 g/mol. The summed E-state index contributed by atoms with van der Waals surface area (Å²) in [6, 6.07) is 6.42. The highest BCUT2D eigenvalue weighted by Crippen LogP contribution is 2.26. The number of hydrogen-bond acceptors (Lipinski definition) is 3. The molecule has 0 aliphatic carbocycles. The van der Waals surface area contributed by atoms with Crippen LogP contribution in [0.25, 0.3) is 10.9 Å². The second-order valence-electron chi connectivity index (χ2n) is 2.93. The Balaban J connectivity index is 2.97. The molecule has 0 saturated carbocycles. The molecule has 0 unspecified atom stereocenters. The minimum absolute atomic E-state index is 0.0995. The van der Waals surface area contributed by atoms with Gasteiger partial charge in [0.05, 0.1) is 11.6 Å². The summed E-state index contributed by atoms with van der Waals surface area (Å²) in [4.78, 5) is 2.11. The normalized spacial score (nSPS) is 11.5. The molecule has 1 aromatic heterocycles. The number of aromatic amines is 1. The maximum Gasteiger partial charge on any atom is 0.334 e. The van der Waals surface area contributed by atoms with Gasteiger partial charge in [0.15, 0.2) is 0 Å². The summed E-state index contributed by atoms with van der Waals surface area (Å²) < 4.78 is 34.4. The number of halogens is 1. The third-order valence-electron chi connectivity index (χ3n) is 2.05. The predicted octanol–water partition coefficient (Wildman–Crippen LogP) is 1.70. The van der Waals surface area contributed by atoms with Crippen LogP contribution in [0.1, 0.15) is 5.56 Å². The Morgan fingerprint density at radius 3 is 2.73 bits per heavy atom. The molecule has 1 aromatic carbocycles. The van der Waals surface area contributed by atoms with Crippen LogP contribution in [-0.4, -0.2) is 13.4 Å². The first-order valence-corrected chi connectivity index (χ1v) is 5.37. The molecule has 15 heavy (non-hydrogen) atoms. The molecule has 0 amide bonds. The monoisotopic (exact) mass is 224 g/mol. The van der Waals surface area contributed by atoms with Crippen molar-refractivity contribution in [2.45, 2.75) is 4.90 Å². The van der Waals surface area contributed by atoms with E-state index in [0.29, 0.717) is 5.52 Å². The van der Waals surface area contributed by atoms with Gasteiger partial charge in [-0.25, -0.2) is 0 Å². The van der Waals surface area contributed by atoms with Crippen LogP contribution in [0.4, 0.5) is 3.89 Å². The van der Waals surface area contributed by atoms with Crippen LogP contribution in [0.2, 0.25) is 0 Å². The van der Waals surface area contributed by atoms with Gasteiger partial charge >= 0.3 is 10.2 Å². The lowest BCUT2D eigenvalue weighted by Gasteiger charge is -1.94. The van der Waals surface area contributed by atoms with Crippen LogP contribution in [0.5, 0.6) is 0 Å². The zero-order valence-electron chi connectivity index (χ0n) is 7.36. The number of aromatic nitrogens is 1. The number of fused-ring (bicyclic) bond motifs is 1. The van der Waals surface area contributed by atoms with Crippen molar-refractivity contribution in [3.63, 3.8) is 0 Å². The van der Waals surface area contributed by atoms with Crippen molar-refractivity contribution < 1.29 is 12.3 Å². The number of rotatable bonds is 1. The van der Waals surface area contributed by atoms with E-state index in [0.717, 1.165) is 6.20 Å². The van der Waals surface area contributed by atoms with Gasteiger partial charge in [0, 0.05) is 17.1 Å². The van der Waals surface area contributed by atoms with Crippen LogP contribution >= 0.6 is 0 Å². The smallest absolute Gasteiger partial charge is 0.334 e. The summed E-state index contributed by atoms with van der Waals surface area (Å²) in [5.74, 6) is 0. The lowest BCUT2D eigenvalue weighted by molar-refractivity contribution is 0.553. The molecular formula is C9H5FN2O2S. The standard InChI is InChI=1S/C9H5FN2O2S/c10-15(13,14)8-5-12-7-3-1-2-6(4-11)9(7)8/h1-3,5,12H. The lowest BCUT2D eigenvalue weighted by Crippen LogP contribution is -1.90. The summed E-state index contributed by atoms with van der Waals surface area (Å²) in [6.07, 6.45) is 1.04. The molecule has 76 valence electrons. The van der Waals surface area contributed by atoms with Gasteiger partial charge in [0.1, 0.15) is 4.90 Å². The van der Waals surface area contributed by atoms with Crippen LogP contribution in [0.15, 0.2) is 29.3 Å². The van der Waals surface area contributed by atoms with E-state index in [1.807, 2.05) is 6.07 Å². The minimum Gasteiger partial charge on any atom is -0.360 e. The van der Waals surface area contributed by atoms with Gasteiger partial charge in [-0.15, -0.1) is 3.89 Å². The van der Waals surface area contributed by atoms with E-state index in [4.69, 9.17) is 5.26 Å². The molecule has 1 heterocycles. The van der Waals surface area contributed by atoms with Crippen LogP contribution in [0, 0.1) is 11.3 Å². The Labute approximate surface area is 85.2 Å². The molecule has 1 N–H and O–H groups in total. The Bertz CT molecular complexity index is 667. The van der Waals surface area contributed by atoms with Crippen molar-refractivity contribution in [3.05, 3.63) is 30.0 Å². The second-order valence-corrected chi connectivity index (χ2v) is 4.25. The van der Waals surface area contributed by atoms with E-state index in [1.165, 1.54) is 6.07 Å². The molecule has 0 spiro atoms. The van der Waals surface area contributed by atoms with Gasteiger partial charge < -0.3 is 4.98 Å². The fraction of sp³-hybridized carbons (Fsp3) is 0. The number of nitrogens with zero attached hydrogens (tertiary/aromatic N) is 1. The Morgan fingerprint density at radius 2 is 2.13 bits per heavy atom. The number of benzene rings is 1. The van der Waals surface area contributed by atoms with E-state index in [2.05, 4.69) is 4.98 Å². The number of nitriles is 1. The maximum absolute atomic E-state index is 12.8. The molecule has 0 radical (unpaired) electrons. The predicted molar refractivity (Wildman–Crippen MR) is 51.3 cm³/mol. The van der Waals surface area contributed by atoms with Crippen molar-refractivity contribution in [2.75, 3.05) is 0 Å². The Hall–Kier alpha value is -1.87. The lowest BCUT2D eigenvalue weighted by atomic mass is 10.1. The SMILES string of the molecule is N#Cc1cccc2[nH]cc(S(=O)(=O)F)c12. The van der Waals surface area contributed by atoms with Gasteiger partial charge in [-0.05, 0) is 12.1 Å². The minimum atomic E-state index is -4.80. The fourth-order valence-electron chi connectivity index (χ4n) is 1.44. The Morgan fingerprint density at radius 1 is 1.40 bits per heavy atom. The summed E-state index contributed by atoms with van der Waals surface area (Å²) in [6.45, 7) is 0. The Kier molecular flexibility index (Phi) is 1.98. The summed E-state index contributed by atoms with van der Waals surface area (Å²) in [7, 11) is -4.80. The molecule has 0 atom stereocenters. The molecule has 0 bridgehead atoms. The molecule has 4 nitrogen and oxygen atoms in total. The fourth-order valence-corrected chi connectivity index (χ4v) is 2.10. The molecule has 6 heteroatoms. The first-order chi connectivity index (χ1) is 7.04. The van der Waals surface area contributed by atoms with Crippen molar-refractivity contribution in [2.24, 2.45) is 0 Å². The third kappa shape index (κ3) is 1.47. The average Bonchev–Trinajstić information content (AvgIpc) is 2.59. The molecule has 0 saturated heterocycles. The number of H-pyrrole nitrogens is 1. The van der Waals surface area contributed by atoms with Gasteiger partial charge in [0.2, 0.25) is 0 Å². The van der Waals surface area contributed by atoms with Crippen LogP contribution in [-0.2, 0) is 10.2 Å². The molecule has 2 aromatic rings. The van der Waals surface area contributed by atoms with Crippen molar-refractivity contribution >= 4 is 21.1 Å². The van der Waals surface area contributed by atoms with Crippen molar-refractivity contribution in [3.8, 4) is 6.07 Å². The van der Waals surface area contributed by atoms with Crippen molar-refractivity contribution in [1.82, 2.24) is 4.98 Å². The zero-order chi connectivity index (χ0) is 11.1. The highest BCUT2D eigenvalue weighted by Gasteiger charge is 2.19. The first-order valence-electron chi connectivity index (χ1n) is 3.99. The van der Waals surface area contributed by atoms with E-state index >= 15 is 0 Å². The summed E-state index contributed by atoms with van der Waals surface area (Å²) >= 11 is 0. The average molecular weight is 224 g/mol. The number of nitrogens with one attached hydrogen (secondary N) is 1. The highest BCUT2D eigenvalue weighted by molar-refractivity contribution is 7.86. The quantitative estimate of drug-likeness (QED) is 0.749. The van der Waals surface area contributed by atoms with E-state index in [-0.39, 0.29) is 10.9 Å². The summed E-state index contributed by atoms with van der Waals surface area (Å²) in [5, 5.41) is 8.86. The van der Waals surface area contributed by atoms with Gasteiger partial charge in [-0.1, -0.05) is 6.07 Å². The highest BCUT2D eigenvalue weighted by atomic mass is 32.3. The molecule has 2 rings (SSSR count). The van der Waals surface area contributed by atoms with E-state index in [9.17, 15) is 12.3 Å². The van der Waals surface area contributed by atoms with Gasteiger partial charge in [-0.2, -0.15) is 13.7 Å². The van der Waals surface area contributed by atoms with Crippen molar-refractivity contribution in [1.29, 1.82) is 5.26 Å². The molecule has 0 aliphatic heterocycles. The van der Waals surface area contributed by atoms with E-state index < -0.39 is 15.1 Å². The van der Waals surface area contributed by atoms with E-state index in [1.54, 1.807) is 12.1 Å². The maximum atomic E-state index is 12.8. The van der Waals surface area contributed by atoms with Gasteiger partial charge in [0.25, 0.3) is 0 Å². The molecule has 0 fully saturated rings. The largest absolute Gasteiger partial charge is 0.360 e. The van der Waals surface area contributed by atoms with Crippen LogP contribution < -0.4 is 0 Å². The van der Waals surface area contributed by atoms with Gasteiger partial charge in [-0.3, -0.25) is 0 Å². The number of hydrogen-bond donors (Lipinski definition) is 1. The molecule has 0 aliphatic rings. The third-order valence-corrected chi connectivity index (χ3v) is 2.90.